The van der Waals surface area contributed by atoms with E-state index >= 15 is 0 Å². The monoisotopic (exact) mass is 306 g/mol. The summed E-state index contributed by atoms with van der Waals surface area (Å²) in [6.45, 7) is 0. The van der Waals surface area contributed by atoms with Crippen molar-refractivity contribution in [3.8, 4) is 6.07 Å². The van der Waals surface area contributed by atoms with E-state index in [1.165, 1.54) is 7.11 Å². The number of nitrogens with zero attached hydrogens (tertiary/aromatic N) is 1. The zero-order chi connectivity index (χ0) is 10.0. The van der Waals surface area contributed by atoms with E-state index in [1.54, 1.807) is 0 Å². The second-order valence-electron chi connectivity index (χ2n) is 2.11. The third kappa shape index (κ3) is 1.76. The van der Waals surface area contributed by atoms with Crippen LogP contribution >= 0.6 is 31.9 Å². The smallest absolute Gasteiger partial charge is 0.341 e. The number of aromatic nitrogens is 1. The molecular weight excluding hydrogens is 304 g/mol. The number of rotatable bonds is 1. The third-order valence-electron chi connectivity index (χ3n) is 1.39. The molecule has 0 spiro atoms. The topological polar surface area (TPSA) is 65.9 Å². The average molecular weight is 308 g/mol. The zero-order valence-electron chi connectivity index (χ0n) is 6.52. The highest BCUT2D eigenvalue weighted by atomic mass is 79.9. The molecule has 0 aliphatic rings. The Morgan fingerprint density at radius 1 is 1.62 bits per heavy atom. The lowest BCUT2D eigenvalue weighted by atomic mass is 10.3. The fraction of sp³-hybridized carbons (Fsp3) is 0.143. The molecule has 0 atom stereocenters. The maximum absolute atomic E-state index is 11.2. The van der Waals surface area contributed by atoms with Gasteiger partial charge in [-0.1, -0.05) is 0 Å². The van der Waals surface area contributed by atoms with Gasteiger partial charge in [-0.3, -0.25) is 0 Å². The van der Waals surface area contributed by atoms with Crippen molar-refractivity contribution in [3.63, 3.8) is 0 Å². The molecule has 6 heteroatoms. The van der Waals surface area contributed by atoms with Gasteiger partial charge < -0.3 is 9.72 Å². The van der Waals surface area contributed by atoms with E-state index in [2.05, 4.69) is 41.6 Å². The van der Waals surface area contributed by atoms with Gasteiger partial charge in [0, 0.05) is 0 Å². The molecule has 0 aromatic carbocycles. The Bertz CT molecular complexity index is 392. The molecule has 1 aromatic rings. The molecular formula is C7H4Br2N2O2. The number of methoxy groups -OCH3 is 1. The van der Waals surface area contributed by atoms with Crippen LogP contribution in [-0.4, -0.2) is 18.1 Å². The molecule has 0 saturated heterocycles. The highest BCUT2D eigenvalue weighted by Gasteiger charge is 2.20. The number of carbonyl (C=O) groups excluding carboxylic acids is 1. The van der Waals surface area contributed by atoms with E-state index < -0.39 is 5.97 Å². The number of hydrogen-bond donors (Lipinski definition) is 1. The van der Waals surface area contributed by atoms with Gasteiger partial charge >= 0.3 is 5.97 Å². The van der Waals surface area contributed by atoms with Crippen LogP contribution in [0.3, 0.4) is 0 Å². The van der Waals surface area contributed by atoms with Crippen molar-refractivity contribution in [2.45, 2.75) is 0 Å². The van der Waals surface area contributed by atoms with Crippen LogP contribution in [0.25, 0.3) is 0 Å². The second-order valence-corrected chi connectivity index (χ2v) is 3.69. The van der Waals surface area contributed by atoms with Gasteiger partial charge in [0.15, 0.2) is 0 Å². The molecule has 0 amide bonds. The highest BCUT2D eigenvalue weighted by Crippen LogP contribution is 2.28. The van der Waals surface area contributed by atoms with Gasteiger partial charge in [-0.05, 0) is 31.9 Å². The number of nitriles is 1. The van der Waals surface area contributed by atoms with Gasteiger partial charge in [-0.15, -0.1) is 0 Å². The predicted molar refractivity (Wildman–Crippen MR) is 52.2 cm³/mol. The second kappa shape index (κ2) is 3.94. The third-order valence-corrected chi connectivity index (χ3v) is 2.78. The number of carbonyl (C=O) groups is 1. The number of ether oxygens (including phenoxy) is 1. The van der Waals surface area contributed by atoms with Gasteiger partial charge in [0.2, 0.25) is 0 Å². The highest BCUT2D eigenvalue weighted by molar-refractivity contribution is 9.11. The molecule has 0 aliphatic carbocycles. The van der Waals surface area contributed by atoms with Crippen molar-refractivity contribution < 1.29 is 9.53 Å². The van der Waals surface area contributed by atoms with E-state index in [1.807, 2.05) is 6.07 Å². The maximum atomic E-state index is 11.2. The Hall–Kier alpha value is -0.800. The minimum absolute atomic E-state index is 0.285. The summed E-state index contributed by atoms with van der Waals surface area (Å²) in [4.78, 5) is 13.9. The van der Waals surface area contributed by atoms with Crippen LogP contribution in [0.15, 0.2) is 9.08 Å². The Labute approximate surface area is 91.1 Å². The number of aromatic amines is 1. The first-order chi connectivity index (χ1) is 6.11. The lowest BCUT2D eigenvalue weighted by molar-refractivity contribution is 0.0599. The summed E-state index contributed by atoms with van der Waals surface area (Å²) in [6, 6.07) is 1.90. The largest absolute Gasteiger partial charge is 0.465 e. The van der Waals surface area contributed by atoms with Gasteiger partial charge in [0.05, 0.1) is 16.2 Å². The summed E-state index contributed by atoms with van der Waals surface area (Å²) in [6.07, 6.45) is 0. The van der Waals surface area contributed by atoms with Crippen molar-refractivity contribution in [1.82, 2.24) is 4.98 Å². The van der Waals surface area contributed by atoms with E-state index in [-0.39, 0.29) is 5.69 Å². The number of nitrogens with one attached hydrogen (secondary N) is 1. The molecule has 0 saturated carbocycles. The number of esters is 1. The first-order valence-corrected chi connectivity index (χ1v) is 4.75. The SMILES string of the molecule is COC(=O)c1c(Br)[nH]c(C#N)c1Br. The molecule has 1 heterocycles. The van der Waals surface area contributed by atoms with E-state index in [0.717, 1.165) is 0 Å². The van der Waals surface area contributed by atoms with Crippen LogP contribution in [-0.2, 0) is 4.74 Å². The van der Waals surface area contributed by atoms with Crippen molar-refractivity contribution in [2.24, 2.45) is 0 Å². The van der Waals surface area contributed by atoms with Crippen LogP contribution in [0.4, 0.5) is 0 Å². The fourth-order valence-corrected chi connectivity index (χ4v) is 2.18. The van der Waals surface area contributed by atoms with E-state index in [9.17, 15) is 4.79 Å². The number of hydrogen-bond acceptors (Lipinski definition) is 3. The molecule has 1 aromatic heterocycles. The quantitative estimate of drug-likeness (QED) is 0.809. The minimum Gasteiger partial charge on any atom is -0.465 e. The molecule has 1 rings (SSSR count). The van der Waals surface area contributed by atoms with Crippen molar-refractivity contribution >= 4 is 37.8 Å². The number of halogens is 2. The van der Waals surface area contributed by atoms with E-state index in [4.69, 9.17) is 5.26 Å². The normalized spacial score (nSPS) is 9.38. The first-order valence-electron chi connectivity index (χ1n) is 3.17. The summed E-state index contributed by atoms with van der Waals surface area (Å²) in [5, 5.41) is 8.63. The summed E-state index contributed by atoms with van der Waals surface area (Å²) >= 11 is 6.23. The van der Waals surface area contributed by atoms with Crippen LogP contribution in [0.1, 0.15) is 16.1 Å². The molecule has 13 heavy (non-hydrogen) atoms. The first kappa shape index (κ1) is 10.3. The van der Waals surface area contributed by atoms with Gasteiger partial charge in [-0.25, -0.2) is 4.79 Å². The Morgan fingerprint density at radius 3 is 2.62 bits per heavy atom. The Kier molecular flexibility index (Phi) is 3.12. The van der Waals surface area contributed by atoms with Gasteiger partial charge in [0.1, 0.15) is 17.3 Å². The summed E-state index contributed by atoms with van der Waals surface area (Å²) in [5.41, 5.74) is 0.575. The fourth-order valence-electron chi connectivity index (χ4n) is 0.807. The predicted octanol–water partition coefficient (Wildman–Crippen LogP) is 2.20. The Balaban J connectivity index is 3.30. The van der Waals surface area contributed by atoms with Crippen LogP contribution in [0, 0.1) is 11.3 Å². The molecule has 0 radical (unpaired) electrons. The average Bonchev–Trinajstić information content (AvgIpc) is 2.40. The van der Waals surface area contributed by atoms with Crippen LogP contribution < -0.4 is 0 Å². The summed E-state index contributed by atoms with van der Waals surface area (Å²) in [5.74, 6) is -0.503. The maximum Gasteiger partial charge on any atom is 0.341 e. The lowest BCUT2D eigenvalue weighted by Gasteiger charge is -1.96. The van der Waals surface area contributed by atoms with Gasteiger partial charge in [-0.2, -0.15) is 5.26 Å². The molecule has 68 valence electrons. The Morgan fingerprint density at radius 2 is 2.23 bits per heavy atom. The summed E-state index contributed by atoms with van der Waals surface area (Å²) < 4.78 is 5.37. The molecule has 1 N–H and O–H groups in total. The minimum atomic E-state index is -0.503. The lowest BCUT2D eigenvalue weighted by Crippen LogP contribution is -2.01. The molecule has 4 nitrogen and oxygen atoms in total. The zero-order valence-corrected chi connectivity index (χ0v) is 9.69. The van der Waals surface area contributed by atoms with Crippen LogP contribution in [0.5, 0.6) is 0 Å². The van der Waals surface area contributed by atoms with Crippen molar-refractivity contribution in [1.29, 1.82) is 5.26 Å². The van der Waals surface area contributed by atoms with Crippen LogP contribution in [0.2, 0.25) is 0 Å². The number of H-pyrrole nitrogens is 1. The molecule has 0 aliphatic heterocycles. The van der Waals surface area contributed by atoms with Crippen molar-refractivity contribution in [2.75, 3.05) is 7.11 Å². The van der Waals surface area contributed by atoms with E-state index in [0.29, 0.717) is 14.6 Å². The molecule has 0 bridgehead atoms. The van der Waals surface area contributed by atoms with Gasteiger partial charge in [0.25, 0.3) is 0 Å². The molecule has 0 fully saturated rings. The standard InChI is InChI=1S/C7H4Br2N2O2/c1-13-7(12)4-5(8)3(2-10)11-6(4)9/h11H,1H3. The van der Waals surface area contributed by atoms with Crippen molar-refractivity contribution in [3.05, 3.63) is 20.3 Å². The molecule has 0 unspecified atom stereocenters. The summed E-state index contributed by atoms with van der Waals surface area (Å²) in [7, 11) is 1.28.